The molecule has 0 heterocycles. The zero-order valence-electron chi connectivity index (χ0n) is 52.5. The second-order valence-corrected chi connectivity index (χ2v) is 21.6. The SMILES string of the molecule is CC/C=C\C/C=C\C/C=C\C/C=C\C/C=C\C/C=C\CCCCCCCCCCCCCCCCC(=O)OCC(COC(=O)CCCCCCC/C=C\C/C=C\CCCCC)OC(=O)CCCC/C=C\C/C=C\C/C=C\C/C=C\CC. The molecule has 0 bridgehead atoms. The molecule has 0 aliphatic rings. The lowest BCUT2D eigenvalue weighted by atomic mass is 10.0. The number of allylic oxidation sites excluding steroid dienone is 24. The molecule has 0 spiro atoms. The predicted octanol–water partition coefficient (Wildman–Crippen LogP) is 23.1. The van der Waals surface area contributed by atoms with Crippen LogP contribution in [0.3, 0.4) is 0 Å². The number of unbranched alkanes of at least 4 members (excludes halogenated alkanes) is 24. The smallest absolute Gasteiger partial charge is 0.306 e. The molecule has 0 aromatic heterocycles. The van der Waals surface area contributed by atoms with Gasteiger partial charge in [-0.25, -0.2) is 0 Å². The number of hydrogen-bond acceptors (Lipinski definition) is 6. The van der Waals surface area contributed by atoms with E-state index >= 15 is 0 Å². The molecule has 458 valence electrons. The minimum absolute atomic E-state index is 0.103. The van der Waals surface area contributed by atoms with Gasteiger partial charge in [0.25, 0.3) is 0 Å². The summed E-state index contributed by atoms with van der Waals surface area (Å²) < 4.78 is 16.9. The van der Waals surface area contributed by atoms with Crippen LogP contribution in [0.1, 0.15) is 290 Å². The van der Waals surface area contributed by atoms with Crippen molar-refractivity contribution < 1.29 is 28.6 Å². The van der Waals surface area contributed by atoms with Crippen LogP contribution in [-0.4, -0.2) is 37.2 Å². The molecule has 0 aromatic rings. The van der Waals surface area contributed by atoms with Crippen LogP contribution in [0.2, 0.25) is 0 Å². The van der Waals surface area contributed by atoms with Crippen molar-refractivity contribution in [2.45, 2.75) is 297 Å². The molecule has 0 fully saturated rings. The molecule has 1 unspecified atom stereocenters. The van der Waals surface area contributed by atoms with Gasteiger partial charge in [0.2, 0.25) is 0 Å². The molecular formula is C75H122O6. The Kier molecular flexibility index (Phi) is 63.9. The lowest BCUT2D eigenvalue weighted by Crippen LogP contribution is -2.30. The molecular weight excluding hydrogens is 997 g/mol. The highest BCUT2D eigenvalue weighted by Crippen LogP contribution is 2.16. The van der Waals surface area contributed by atoms with Crippen LogP contribution >= 0.6 is 0 Å². The van der Waals surface area contributed by atoms with E-state index in [4.69, 9.17) is 14.2 Å². The second-order valence-electron chi connectivity index (χ2n) is 21.6. The van der Waals surface area contributed by atoms with Gasteiger partial charge in [-0.15, -0.1) is 0 Å². The first-order valence-electron chi connectivity index (χ1n) is 33.3. The van der Waals surface area contributed by atoms with Gasteiger partial charge in [0, 0.05) is 19.3 Å². The number of esters is 3. The molecule has 81 heavy (non-hydrogen) atoms. The molecule has 0 rings (SSSR count). The zero-order chi connectivity index (χ0) is 58.5. The quantitative estimate of drug-likeness (QED) is 0.0261. The highest BCUT2D eigenvalue weighted by molar-refractivity contribution is 5.71. The van der Waals surface area contributed by atoms with E-state index in [-0.39, 0.29) is 37.5 Å². The van der Waals surface area contributed by atoms with E-state index in [1.165, 1.54) is 103 Å². The third-order valence-electron chi connectivity index (χ3n) is 13.8. The summed E-state index contributed by atoms with van der Waals surface area (Å²) >= 11 is 0. The van der Waals surface area contributed by atoms with Gasteiger partial charge in [-0.1, -0.05) is 276 Å². The van der Waals surface area contributed by atoms with Crippen LogP contribution in [0.15, 0.2) is 146 Å². The summed E-state index contributed by atoms with van der Waals surface area (Å²) in [5.41, 5.74) is 0. The predicted molar refractivity (Wildman–Crippen MR) is 352 cm³/mol. The van der Waals surface area contributed by atoms with Crippen molar-refractivity contribution in [3.8, 4) is 0 Å². The summed E-state index contributed by atoms with van der Waals surface area (Å²) in [6.07, 6.45) is 97.3. The van der Waals surface area contributed by atoms with Gasteiger partial charge >= 0.3 is 17.9 Å². The molecule has 0 aliphatic heterocycles. The van der Waals surface area contributed by atoms with Crippen LogP contribution in [0.25, 0.3) is 0 Å². The van der Waals surface area contributed by atoms with E-state index in [0.717, 1.165) is 141 Å². The highest BCUT2D eigenvalue weighted by atomic mass is 16.6. The van der Waals surface area contributed by atoms with E-state index in [9.17, 15) is 14.4 Å². The van der Waals surface area contributed by atoms with Crippen LogP contribution in [0.4, 0.5) is 0 Å². The fourth-order valence-corrected chi connectivity index (χ4v) is 8.88. The Balaban J connectivity index is 4.27. The van der Waals surface area contributed by atoms with Crippen molar-refractivity contribution in [1.82, 2.24) is 0 Å². The summed E-state index contributed by atoms with van der Waals surface area (Å²) in [6.45, 7) is 6.34. The lowest BCUT2D eigenvalue weighted by molar-refractivity contribution is -0.167. The van der Waals surface area contributed by atoms with Gasteiger partial charge in [0.15, 0.2) is 6.10 Å². The van der Waals surface area contributed by atoms with Gasteiger partial charge in [0.1, 0.15) is 13.2 Å². The van der Waals surface area contributed by atoms with Crippen LogP contribution in [0.5, 0.6) is 0 Å². The number of hydrogen-bond donors (Lipinski definition) is 0. The minimum Gasteiger partial charge on any atom is -0.462 e. The normalized spacial score (nSPS) is 13.1. The Morgan fingerprint density at radius 2 is 0.481 bits per heavy atom. The van der Waals surface area contributed by atoms with Gasteiger partial charge in [-0.3, -0.25) is 14.4 Å². The van der Waals surface area contributed by atoms with Crippen LogP contribution in [-0.2, 0) is 28.6 Å². The average Bonchev–Trinajstić information content (AvgIpc) is 3.47. The Morgan fingerprint density at radius 3 is 0.778 bits per heavy atom. The van der Waals surface area contributed by atoms with E-state index in [0.29, 0.717) is 19.3 Å². The summed E-state index contributed by atoms with van der Waals surface area (Å²) in [7, 11) is 0. The molecule has 1 atom stereocenters. The van der Waals surface area contributed by atoms with Gasteiger partial charge in [-0.2, -0.15) is 0 Å². The Morgan fingerprint density at radius 1 is 0.259 bits per heavy atom. The molecule has 0 amide bonds. The number of ether oxygens (including phenoxy) is 3. The maximum absolute atomic E-state index is 12.9. The Bertz CT molecular complexity index is 1760. The fraction of sp³-hybridized carbons (Fsp3) is 0.640. The highest BCUT2D eigenvalue weighted by Gasteiger charge is 2.19. The van der Waals surface area contributed by atoms with E-state index in [1.807, 2.05) is 0 Å². The number of rotatable bonds is 59. The largest absolute Gasteiger partial charge is 0.462 e. The average molecular weight is 1120 g/mol. The first-order valence-corrected chi connectivity index (χ1v) is 33.3. The summed E-state index contributed by atoms with van der Waals surface area (Å²) in [6, 6.07) is 0. The van der Waals surface area contributed by atoms with Crippen molar-refractivity contribution in [2.24, 2.45) is 0 Å². The monoisotopic (exact) mass is 1120 g/mol. The van der Waals surface area contributed by atoms with Gasteiger partial charge in [-0.05, 0) is 141 Å². The summed E-state index contributed by atoms with van der Waals surface area (Å²) in [5.74, 6) is -0.957. The van der Waals surface area contributed by atoms with Crippen LogP contribution < -0.4 is 0 Å². The minimum atomic E-state index is -0.811. The molecule has 0 N–H and O–H groups in total. The van der Waals surface area contributed by atoms with Gasteiger partial charge in [0.05, 0.1) is 0 Å². The molecule has 6 heteroatoms. The van der Waals surface area contributed by atoms with E-state index < -0.39 is 6.10 Å². The molecule has 6 nitrogen and oxygen atoms in total. The van der Waals surface area contributed by atoms with Crippen molar-refractivity contribution >= 4 is 17.9 Å². The molecule has 0 saturated heterocycles. The topological polar surface area (TPSA) is 78.9 Å². The standard InChI is InChI=1S/C75H122O6/c1-4-7-10-13-16-19-22-25-28-29-30-31-32-33-34-35-36-37-38-39-40-41-42-43-44-45-48-50-53-56-59-62-65-68-74(77)80-71-72(81-75(78)69-66-63-60-57-54-51-47-27-24-21-18-15-12-9-6-3)70-79-73(76)67-64-61-58-55-52-49-46-26-23-20-17-14-11-8-5-2/h7,9-10,12,16-21,25-28,30-31,33-34,36-37,46-47,54,57,72H,4-6,8,11,13-15,22-24,29,32,35,38-45,48-53,55-56,58-71H2,1-3H3/b10-7-,12-9-,19-16-,20-17-,21-18-,28-25-,31-30-,34-33-,37-36-,46-26-,47-27-,57-54-. The number of carbonyl (C=O) groups is 3. The lowest BCUT2D eigenvalue weighted by Gasteiger charge is -2.18. The Labute approximate surface area is 499 Å². The Hall–Kier alpha value is -4.71. The molecule has 0 saturated carbocycles. The first kappa shape index (κ1) is 76.3. The van der Waals surface area contributed by atoms with Crippen molar-refractivity contribution in [2.75, 3.05) is 13.2 Å². The maximum Gasteiger partial charge on any atom is 0.306 e. The molecule has 0 aromatic carbocycles. The van der Waals surface area contributed by atoms with Gasteiger partial charge < -0.3 is 14.2 Å². The fourth-order valence-electron chi connectivity index (χ4n) is 8.88. The van der Waals surface area contributed by atoms with E-state index in [2.05, 4.69) is 167 Å². The van der Waals surface area contributed by atoms with Crippen molar-refractivity contribution in [3.05, 3.63) is 146 Å². The van der Waals surface area contributed by atoms with Crippen molar-refractivity contribution in [3.63, 3.8) is 0 Å². The van der Waals surface area contributed by atoms with Crippen molar-refractivity contribution in [1.29, 1.82) is 0 Å². The van der Waals surface area contributed by atoms with Crippen LogP contribution in [0, 0.1) is 0 Å². The summed E-state index contributed by atoms with van der Waals surface area (Å²) in [4.78, 5) is 38.3. The first-order chi connectivity index (χ1) is 40.0. The zero-order valence-corrected chi connectivity index (χ0v) is 52.5. The molecule has 0 radical (unpaired) electrons. The number of carbonyl (C=O) groups excluding carboxylic acids is 3. The third-order valence-corrected chi connectivity index (χ3v) is 13.8. The maximum atomic E-state index is 12.9. The summed E-state index contributed by atoms with van der Waals surface area (Å²) in [5, 5.41) is 0. The van der Waals surface area contributed by atoms with E-state index in [1.54, 1.807) is 0 Å². The second kappa shape index (κ2) is 67.8. The third kappa shape index (κ3) is 66.0. The molecule has 0 aliphatic carbocycles.